The van der Waals surface area contributed by atoms with Crippen molar-refractivity contribution in [1.82, 2.24) is 9.97 Å². The smallest absolute Gasteiger partial charge is 0.132 e. The van der Waals surface area contributed by atoms with Gasteiger partial charge in [0.05, 0.1) is 0 Å². The molecule has 0 aliphatic carbocycles. The van der Waals surface area contributed by atoms with Gasteiger partial charge in [-0.05, 0) is 31.4 Å². The molecule has 0 aliphatic heterocycles. The van der Waals surface area contributed by atoms with E-state index in [0.29, 0.717) is 0 Å². The van der Waals surface area contributed by atoms with Gasteiger partial charge in [-0.15, -0.1) is 0 Å². The molecule has 0 aliphatic rings. The van der Waals surface area contributed by atoms with Gasteiger partial charge in [-0.3, -0.25) is 0 Å². The predicted octanol–water partition coefficient (Wildman–Crippen LogP) is 4.71. The van der Waals surface area contributed by atoms with E-state index in [9.17, 15) is 0 Å². The molecule has 112 valence electrons. The average molecular weight is 301 g/mol. The second-order valence-electron chi connectivity index (χ2n) is 5.05. The molecule has 1 aromatic carbocycles. The van der Waals surface area contributed by atoms with E-state index in [4.69, 9.17) is 0 Å². The molecule has 0 radical (unpaired) electrons. The summed E-state index contributed by atoms with van der Waals surface area (Å²) in [5, 5.41) is 4.38. The van der Waals surface area contributed by atoms with Gasteiger partial charge < -0.3 is 5.32 Å². The Hall–Kier alpha value is -1.55. The largest absolute Gasteiger partial charge is 0.370 e. The Labute approximate surface area is 131 Å². The minimum absolute atomic E-state index is 0.920. The van der Waals surface area contributed by atoms with Crippen LogP contribution in [0.3, 0.4) is 0 Å². The van der Waals surface area contributed by atoms with Crippen molar-refractivity contribution < 1.29 is 0 Å². The Morgan fingerprint density at radius 1 is 1.10 bits per heavy atom. The van der Waals surface area contributed by atoms with Crippen molar-refractivity contribution in [3.05, 3.63) is 41.7 Å². The lowest BCUT2D eigenvalue weighted by molar-refractivity contribution is 0.807. The highest BCUT2D eigenvalue weighted by atomic mass is 32.2. The fourth-order valence-electron chi connectivity index (χ4n) is 1.99. The Bertz CT molecular complexity index is 584. The summed E-state index contributed by atoms with van der Waals surface area (Å²) in [7, 11) is 0. The summed E-state index contributed by atoms with van der Waals surface area (Å²) in [4.78, 5) is 10.5. The van der Waals surface area contributed by atoms with Crippen molar-refractivity contribution >= 4 is 17.6 Å². The predicted molar refractivity (Wildman–Crippen MR) is 90.1 cm³/mol. The summed E-state index contributed by atoms with van der Waals surface area (Å²) in [6, 6.07) is 10.5. The van der Waals surface area contributed by atoms with E-state index in [0.717, 1.165) is 42.5 Å². The molecule has 0 saturated heterocycles. The van der Waals surface area contributed by atoms with Crippen LogP contribution in [0, 0.1) is 6.92 Å². The van der Waals surface area contributed by atoms with Crippen molar-refractivity contribution in [3.8, 4) is 0 Å². The molecule has 0 saturated carbocycles. The van der Waals surface area contributed by atoms with Crippen molar-refractivity contribution in [2.24, 2.45) is 0 Å². The van der Waals surface area contributed by atoms with Crippen LogP contribution < -0.4 is 5.32 Å². The molecule has 0 fully saturated rings. The first-order valence-corrected chi connectivity index (χ1v) is 8.40. The fourth-order valence-corrected chi connectivity index (χ4v) is 2.91. The molecule has 4 heteroatoms. The first-order valence-electron chi connectivity index (χ1n) is 7.58. The van der Waals surface area contributed by atoms with E-state index in [1.165, 1.54) is 10.5 Å². The zero-order valence-corrected chi connectivity index (χ0v) is 13.8. The van der Waals surface area contributed by atoms with Crippen molar-refractivity contribution in [3.63, 3.8) is 0 Å². The van der Waals surface area contributed by atoms with Crippen LogP contribution in [0.15, 0.2) is 40.3 Å². The highest BCUT2D eigenvalue weighted by Crippen LogP contribution is 2.30. The quantitative estimate of drug-likeness (QED) is 0.752. The molecule has 21 heavy (non-hydrogen) atoms. The van der Waals surface area contributed by atoms with Crippen LogP contribution in [-0.2, 0) is 6.42 Å². The number of aryl methyl sites for hydroxylation is 2. The lowest BCUT2D eigenvalue weighted by atomic mass is 10.2. The zero-order chi connectivity index (χ0) is 15.1. The van der Waals surface area contributed by atoms with Crippen LogP contribution in [-0.4, -0.2) is 16.5 Å². The standard InChI is InChI=1S/C17H23N3S/c1-4-8-15-19-16(18-11-5-2)12-17(20-15)21-14-10-7-6-9-13(14)3/h6-7,9-10,12H,4-5,8,11H2,1-3H3,(H,18,19,20). The SMILES string of the molecule is CCCNc1cc(Sc2ccccc2C)nc(CCC)n1. The molecule has 1 N–H and O–H groups in total. The second kappa shape index (κ2) is 8.03. The van der Waals surface area contributed by atoms with Gasteiger partial charge in [0.25, 0.3) is 0 Å². The van der Waals surface area contributed by atoms with Gasteiger partial charge in [0, 0.05) is 23.9 Å². The fraction of sp³-hybridized carbons (Fsp3) is 0.412. The Morgan fingerprint density at radius 3 is 2.62 bits per heavy atom. The van der Waals surface area contributed by atoms with Crippen LogP contribution >= 0.6 is 11.8 Å². The summed E-state index contributed by atoms with van der Waals surface area (Å²) >= 11 is 1.71. The van der Waals surface area contributed by atoms with E-state index in [2.05, 4.69) is 60.3 Å². The first-order chi connectivity index (χ1) is 10.2. The van der Waals surface area contributed by atoms with Gasteiger partial charge in [0.1, 0.15) is 16.7 Å². The molecule has 0 atom stereocenters. The third-order valence-electron chi connectivity index (χ3n) is 3.09. The van der Waals surface area contributed by atoms with Crippen molar-refractivity contribution in [2.75, 3.05) is 11.9 Å². The molecule has 2 aromatic rings. The van der Waals surface area contributed by atoms with E-state index in [1.807, 2.05) is 6.07 Å². The third-order valence-corrected chi connectivity index (χ3v) is 4.18. The number of aromatic nitrogens is 2. The number of benzene rings is 1. The maximum atomic E-state index is 4.68. The van der Waals surface area contributed by atoms with Crippen LogP contribution in [0.4, 0.5) is 5.82 Å². The van der Waals surface area contributed by atoms with Crippen LogP contribution in [0.25, 0.3) is 0 Å². The molecular formula is C17H23N3S. The first kappa shape index (κ1) is 15.8. The third kappa shape index (κ3) is 4.74. The second-order valence-corrected chi connectivity index (χ2v) is 6.11. The minimum Gasteiger partial charge on any atom is -0.370 e. The van der Waals surface area contributed by atoms with Crippen LogP contribution in [0.1, 0.15) is 38.1 Å². The molecule has 0 bridgehead atoms. The Kier molecular flexibility index (Phi) is 6.05. The number of rotatable bonds is 7. The van der Waals surface area contributed by atoms with E-state index >= 15 is 0 Å². The van der Waals surface area contributed by atoms with Gasteiger partial charge >= 0.3 is 0 Å². The Morgan fingerprint density at radius 2 is 1.90 bits per heavy atom. The zero-order valence-electron chi connectivity index (χ0n) is 13.0. The molecule has 0 unspecified atom stereocenters. The monoisotopic (exact) mass is 301 g/mol. The topological polar surface area (TPSA) is 37.8 Å². The number of nitrogens with zero attached hydrogens (tertiary/aromatic N) is 2. The van der Waals surface area contributed by atoms with E-state index in [-0.39, 0.29) is 0 Å². The van der Waals surface area contributed by atoms with E-state index in [1.54, 1.807) is 11.8 Å². The molecule has 0 amide bonds. The number of anilines is 1. The lowest BCUT2D eigenvalue weighted by Gasteiger charge is -2.10. The number of hydrogen-bond donors (Lipinski definition) is 1. The van der Waals surface area contributed by atoms with Crippen molar-refractivity contribution in [2.45, 2.75) is 50.0 Å². The number of nitrogens with one attached hydrogen (secondary N) is 1. The van der Waals surface area contributed by atoms with E-state index < -0.39 is 0 Å². The maximum absolute atomic E-state index is 4.68. The maximum Gasteiger partial charge on any atom is 0.132 e. The van der Waals surface area contributed by atoms with Gasteiger partial charge in [-0.1, -0.05) is 43.8 Å². The van der Waals surface area contributed by atoms with Gasteiger partial charge in [-0.2, -0.15) is 0 Å². The summed E-state index contributed by atoms with van der Waals surface area (Å²) < 4.78 is 0. The summed E-state index contributed by atoms with van der Waals surface area (Å²) in [5.41, 5.74) is 1.28. The minimum atomic E-state index is 0.920. The van der Waals surface area contributed by atoms with Gasteiger partial charge in [0.15, 0.2) is 0 Å². The normalized spacial score (nSPS) is 10.6. The number of hydrogen-bond acceptors (Lipinski definition) is 4. The van der Waals surface area contributed by atoms with Gasteiger partial charge in [0.2, 0.25) is 0 Å². The van der Waals surface area contributed by atoms with Crippen LogP contribution in [0.5, 0.6) is 0 Å². The summed E-state index contributed by atoms with van der Waals surface area (Å²) in [6.07, 6.45) is 3.07. The lowest BCUT2D eigenvalue weighted by Crippen LogP contribution is -2.05. The van der Waals surface area contributed by atoms with Crippen molar-refractivity contribution in [1.29, 1.82) is 0 Å². The average Bonchev–Trinajstić information content (AvgIpc) is 2.48. The highest BCUT2D eigenvalue weighted by Gasteiger charge is 2.07. The van der Waals surface area contributed by atoms with Crippen LogP contribution in [0.2, 0.25) is 0 Å². The molecule has 2 rings (SSSR count). The molecule has 0 spiro atoms. The molecule has 3 nitrogen and oxygen atoms in total. The summed E-state index contributed by atoms with van der Waals surface area (Å²) in [6.45, 7) is 7.39. The highest BCUT2D eigenvalue weighted by molar-refractivity contribution is 7.99. The molecule has 1 aromatic heterocycles. The summed E-state index contributed by atoms with van der Waals surface area (Å²) in [5.74, 6) is 1.86. The Balaban J connectivity index is 2.24. The molecular weight excluding hydrogens is 278 g/mol. The molecule has 1 heterocycles. The van der Waals surface area contributed by atoms with Gasteiger partial charge in [-0.25, -0.2) is 9.97 Å².